The maximum Gasteiger partial charge on any atom is 0.326 e. The Bertz CT molecular complexity index is 367. The topological polar surface area (TPSA) is 86.7 Å². The summed E-state index contributed by atoms with van der Waals surface area (Å²) in [4.78, 5) is 36.1. The molecule has 0 saturated carbocycles. The maximum atomic E-state index is 12.1. The Morgan fingerprint density at radius 1 is 1.35 bits per heavy atom. The molecule has 0 bridgehead atoms. The van der Waals surface area contributed by atoms with Crippen LogP contribution in [0.25, 0.3) is 0 Å². The Labute approximate surface area is 123 Å². The highest BCUT2D eigenvalue weighted by atomic mass is 32.2. The molecule has 0 unspecified atom stereocenters. The summed E-state index contributed by atoms with van der Waals surface area (Å²) in [5, 5.41) is 11.7. The summed E-state index contributed by atoms with van der Waals surface area (Å²) in [6, 6.07) is -0.819. The van der Waals surface area contributed by atoms with Gasteiger partial charge in [-0.25, -0.2) is 4.79 Å². The molecule has 0 aromatic rings. The van der Waals surface area contributed by atoms with Crippen LogP contribution in [0, 0.1) is 5.92 Å². The number of likely N-dealkylation sites (tertiary alicyclic amines) is 1. The quantitative estimate of drug-likeness (QED) is 0.749. The van der Waals surface area contributed by atoms with Crippen LogP contribution in [-0.4, -0.2) is 58.9 Å². The van der Waals surface area contributed by atoms with Gasteiger partial charge in [0.25, 0.3) is 0 Å². The number of nitrogens with zero attached hydrogens (tertiary/aromatic N) is 1. The molecule has 1 saturated heterocycles. The number of carboxylic acid groups (broad SMARTS) is 1. The fraction of sp³-hybridized carbons (Fsp3) is 0.769. The lowest BCUT2D eigenvalue weighted by Crippen LogP contribution is -2.47. The number of hydrogen-bond donors (Lipinski definition) is 2. The van der Waals surface area contributed by atoms with Crippen LogP contribution in [-0.2, 0) is 14.4 Å². The number of thioether (sulfide) groups is 1. The van der Waals surface area contributed by atoms with E-state index in [1.165, 1.54) is 6.92 Å². The summed E-state index contributed by atoms with van der Waals surface area (Å²) in [6.07, 6.45) is 3.52. The molecule has 0 spiro atoms. The molecule has 2 amide bonds. The fourth-order valence-electron chi connectivity index (χ4n) is 2.24. The molecule has 1 heterocycles. The zero-order chi connectivity index (χ0) is 15.1. The Morgan fingerprint density at radius 3 is 2.40 bits per heavy atom. The first kappa shape index (κ1) is 16.8. The van der Waals surface area contributed by atoms with Gasteiger partial charge in [-0.15, -0.1) is 0 Å². The number of carboxylic acids is 1. The average Bonchev–Trinajstić information content (AvgIpc) is 2.42. The van der Waals surface area contributed by atoms with E-state index in [9.17, 15) is 14.4 Å². The Morgan fingerprint density at radius 2 is 1.95 bits per heavy atom. The molecule has 1 fully saturated rings. The molecule has 0 aromatic carbocycles. The molecule has 0 aromatic heterocycles. The standard InChI is InChI=1S/C13H22N2O4S/c1-9(16)15-6-3-10(4-7-15)12(17)14-11(13(18)19)5-8-20-2/h10-11H,3-8H2,1-2H3,(H,14,17)(H,18,19)/t11-/m0/s1. The second kappa shape index (κ2) is 8.14. The summed E-state index contributed by atoms with van der Waals surface area (Å²) < 4.78 is 0. The van der Waals surface area contributed by atoms with E-state index in [1.54, 1.807) is 16.7 Å². The van der Waals surface area contributed by atoms with Gasteiger partial charge in [0.05, 0.1) is 0 Å². The van der Waals surface area contributed by atoms with Crippen LogP contribution in [0.3, 0.4) is 0 Å². The Balaban J connectivity index is 2.45. The summed E-state index contributed by atoms with van der Waals surface area (Å²) in [5.74, 6) is -0.677. The molecule has 1 aliphatic rings. The third-order valence-electron chi connectivity index (χ3n) is 3.54. The molecule has 2 N–H and O–H groups in total. The summed E-state index contributed by atoms with van der Waals surface area (Å²) in [5.41, 5.74) is 0. The zero-order valence-electron chi connectivity index (χ0n) is 11.9. The van der Waals surface area contributed by atoms with Crippen molar-refractivity contribution >= 4 is 29.5 Å². The molecular weight excluding hydrogens is 280 g/mol. The van der Waals surface area contributed by atoms with Gasteiger partial charge in [0.15, 0.2) is 0 Å². The second-order valence-corrected chi connectivity index (χ2v) is 5.95. The van der Waals surface area contributed by atoms with Crippen molar-refractivity contribution in [2.75, 3.05) is 25.1 Å². The molecule has 114 valence electrons. The Hall–Kier alpha value is -1.24. The van der Waals surface area contributed by atoms with E-state index in [4.69, 9.17) is 5.11 Å². The highest BCUT2D eigenvalue weighted by Gasteiger charge is 2.28. The van der Waals surface area contributed by atoms with Gasteiger partial charge < -0.3 is 15.3 Å². The van der Waals surface area contributed by atoms with Crippen molar-refractivity contribution < 1.29 is 19.5 Å². The minimum Gasteiger partial charge on any atom is -0.480 e. The Kier molecular flexibility index (Phi) is 6.84. The third-order valence-corrected chi connectivity index (χ3v) is 4.18. The van der Waals surface area contributed by atoms with Crippen LogP contribution in [0.15, 0.2) is 0 Å². The van der Waals surface area contributed by atoms with Crippen LogP contribution < -0.4 is 5.32 Å². The number of nitrogens with one attached hydrogen (secondary N) is 1. The molecule has 6 nitrogen and oxygen atoms in total. The number of carbonyl (C=O) groups is 3. The van der Waals surface area contributed by atoms with Gasteiger partial charge in [0, 0.05) is 25.9 Å². The van der Waals surface area contributed by atoms with E-state index < -0.39 is 12.0 Å². The zero-order valence-corrected chi connectivity index (χ0v) is 12.7. The maximum absolute atomic E-state index is 12.1. The molecule has 20 heavy (non-hydrogen) atoms. The summed E-state index contributed by atoms with van der Waals surface area (Å²) in [6.45, 7) is 2.65. The normalized spacial score (nSPS) is 17.6. The molecule has 1 aliphatic heterocycles. The van der Waals surface area contributed by atoms with Crippen LogP contribution in [0.4, 0.5) is 0 Å². The lowest BCUT2D eigenvalue weighted by molar-refractivity contribution is -0.143. The number of carbonyl (C=O) groups excluding carboxylic acids is 2. The van der Waals surface area contributed by atoms with Gasteiger partial charge in [-0.2, -0.15) is 11.8 Å². The smallest absolute Gasteiger partial charge is 0.326 e. The van der Waals surface area contributed by atoms with Gasteiger partial charge in [0.1, 0.15) is 6.04 Å². The first-order valence-electron chi connectivity index (χ1n) is 6.73. The average molecular weight is 302 g/mol. The minimum atomic E-state index is -0.992. The van der Waals surface area contributed by atoms with Gasteiger partial charge in [-0.05, 0) is 31.3 Å². The highest BCUT2D eigenvalue weighted by Crippen LogP contribution is 2.17. The summed E-state index contributed by atoms with van der Waals surface area (Å²) >= 11 is 1.55. The van der Waals surface area contributed by atoms with E-state index in [-0.39, 0.29) is 17.7 Å². The number of rotatable bonds is 6. The van der Waals surface area contributed by atoms with Gasteiger partial charge in [-0.3, -0.25) is 9.59 Å². The second-order valence-electron chi connectivity index (χ2n) is 4.96. The third kappa shape index (κ3) is 5.03. The molecular formula is C13H22N2O4S. The monoisotopic (exact) mass is 302 g/mol. The highest BCUT2D eigenvalue weighted by molar-refractivity contribution is 7.98. The van der Waals surface area contributed by atoms with Crippen molar-refractivity contribution in [3.63, 3.8) is 0 Å². The van der Waals surface area contributed by atoms with Crippen molar-refractivity contribution in [3.05, 3.63) is 0 Å². The molecule has 1 atom stereocenters. The lowest BCUT2D eigenvalue weighted by Gasteiger charge is -2.31. The molecule has 0 radical (unpaired) electrons. The van der Waals surface area contributed by atoms with Gasteiger partial charge >= 0.3 is 5.97 Å². The van der Waals surface area contributed by atoms with Gasteiger partial charge in [-0.1, -0.05) is 0 Å². The SMILES string of the molecule is CSCC[C@H](NC(=O)C1CCN(C(C)=O)CC1)C(=O)O. The molecule has 0 aliphatic carbocycles. The first-order chi connectivity index (χ1) is 9.45. The number of amides is 2. The van der Waals surface area contributed by atoms with Crippen LogP contribution in [0.2, 0.25) is 0 Å². The minimum absolute atomic E-state index is 0.0206. The molecule has 7 heteroatoms. The van der Waals surface area contributed by atoms with Crippen molar-refractivity contribution in [3.8, 4) is 0 Å². The predicted octanol–water partition coefficient (Wildman–Crippen LogP) is 0.567. The van der Waals surface area contributed by atoms with E-state index in [0.717, 1.165) is 0 Å². The fourth-order valence-corrected chi connectivity index (χ4v) is 2.71. The van der Waals surface area contributed by atoms with Crippen LogP contribution >= 0.6 is 11.8 Å². The van der Waals surface area contributed by atoms with Crippen LogP contribution in [0.5, 0.6) is 0 Å². The van der Waals surface area contributed by atoms with Crippen LogP contribution in [0.1, 0.15) is 26.2 Å². The number of piperidine rings is 1. The predicted molar refractivity (Wildman–Crippen MR) is 77.5 cm³/mol. The van der Waals surface area contributed by atoms with Crippen molar-refractivity contribution in [1.29, 1.82) is 0 Å². The van der Waals surface area contributed by atoms with Crippen molar-refractivity contribution in [1.82, 2.24) is 10.2 Å². The van der Waals surface area contributed by atoms with E-state index >= 15 is 0 Å². The first-order valence-corrected chi connectivity index (χ1v) is 8.12. The van der Waals surface area contributed by atoms with Gasteiger partial charge in [0.2, 0.25) is 11.8 Å². The largest absolute Gasteiger partial charge is 0.480 e. The van der Waals surface area contributed by atoms with E-state index in [2.05, 4.69) is 5.32 Å². The number of aliphatic carboxylic acids is 1. The van der Waals surface area contributed by atoms with Crippen molar-refractivity contribution in [2.45, 2.75) is 32.2 Å². The summed E-state index contributed by atoms with van der Waals surface area (Å²) in [7, 11) is 0. The van der Waals surface area contributed by atoms with E-state index in [1.807, 2.05) is 6.26 Å². The number of hydrogen-bond acceptors (Lipinski definition) is 4. The van der Waals surface area contributed by atoms with E-state index in [0.29, 0.717) is 38.1 Å². The molecule has 1 rings (SSSR count). The van der Waals surface area contributed by atoms with Crippen molar-refractivity contribution in [2.24, 2.45) is 5.92 Å². The lowest BCUT2D eigenvalue weighted by atomic mass is 9.95.